The summed E-state index contributed by atoms with van der Waals surface area (Å²) >= 11 is 0. The number of rotatable bonds is 4. The Labute approximate surface area is 120 Å². The van der Waals surface area contributed by atoms with Crippen molar-refractivity contribution in [3.63, 3.8) is 0 Å². The zero-order valence-electron chi connectivity index (χ0n) is 11.8. The molecular weight excluding hydrogens is 252 g/mol. The van der Waals surface area contributed by atoms with Crippen molar-refractivity contribution in [2.45, 2.75) is 50.2 Å². The van der Waals surface area contributed by atoms with Gasteiger partial charge in [-0.15, -0.1) is 0 Å². The molecule has 0 radical (unpaired) electrons. The zero-order valence-corrected chi connectivity index (χ0v) is 11.8. The molecule has 20 heavy (non-hydrogen) atoms. The van der Waals surface area contributed by atoms with Gasteiger partial charge in [0.2, 0.25) is 5.91 Å². The largest absolute Gasteiger partial charge is 0.388 e. The number of nitrogens with one attached hydrogen (secondary N) is 1. The van der Waals surface area contributed by atoms with Crippen molar-refractivity contribution in [1.82, 2.24) is 5.32 Å². The first-order valence-corrected chi connectivity index (χ1v) is 7.41. The number of hydrogen-bond donors (Lipinski definition) is 3. The Bertz CT molecular complexity index is 425. The van der Waals surface area contributed by atoms with Gasteiger partial charge in [-0.25, -0.2) is 0 Å². The lowest BCUT2D eigenvalue weighted by atomic mass is 9.94. The molecule has 0 bridgehead atoms. The molecule has 0 heterocycles. The highest BCUT2D eigenvalue weighted by molar-refractivity contribution is 5.82. The van der Waals surface area contributed by atoms with Gasteiger partial charge in [0.25, 0.3) is 0 Å². The second-order valence-electron chi connectivity index (χ2n) is 5.74. The predicted molar refractivity (Wildman–Crippen MR) is 79.0 cm³/mol. The number of benzene rings is 1. The summed E-state index contributed by atoms with van der Waals surface area (Å²) in [5.74, 6) is -0.228. The van der Waals surface area contributed by atoms with Crippen LogP contribution in [0.4, 0.5) is 0 Å². The second-order valence-corrected chi connectivity index (χ2v) is 5.74. The van der Waals surface area contributed by atoms with Crippen molar-refractivity contribution in [3.05, 3.63) is 35.9 Å². The van der Waals surface area contributed by atoms with E-state index in [4.69, 9.17) is 5.73 Å². The van der Waals surface area contributed by atoms with Gasteiger partial charge in [-0.1, -0.05) is 56.0 Å². The van der Waals surface area contributed by atoms with Crippen molar-refractivity contribution in [2.24, 2.45) is 5.73 Å². The van der Waals surface area contributed by atoms with Gasteiger partial charge in [0.1, 0.15) is 6.04 Å². The average Bonchev–Trinajstić information content (AvgIpc) is 2.70. The lowest BCUT2D eigenvalue weighted by Crippen LogP contribution is -2.45. The van der Waals surface area contributed by atoms with Gasteiger partial charge in [0, 0.05) is 6.54 Å². The Morgan fingerprint density at radius 1 is 1.20 bits per heavy atom. The minimum atomic E-state index is -0.761. The Morgan fingerprint density at radius 3 is 2.40 bits per heavy atom. The molecule has 0 spiro atoms. The molecule has 0 aliphatic heterocycles. The molecule has 110 valence electrons. The predicted octanol–water partition coefficient (Wildman–Crippen LogP) is 1.89. The lowest BCUT2D eigenvalue weighted by molar-refractivity contribution is -0.123. The number of nitrogens with two attached hydrogens (primary N) is 1. The number of amides is 1. The van der Waals surface area contributed by atoms with Gasteiger partial charge in [-0.05, 0) is 18.4 Å². The Hall–Kier alpha value is -1.39. The number of carbonyl (C=O) groups excluding carboxylic acids is 1. The normalized spacial score (nSPS) is 19.9. The van der Waals surface area contributed by atoms with E-state index in [9.17, 15) is 9.90 Å². The van der Waals surface area contributed by atoms with E-state index in [-0.39, 0.29) is 5.91 Å². The summed E-state index contributed by atoms with van der Waals surface area (Å²) in [7, 11) is 0. The molecule has 1 aliphatic rings. The maximum atomic E-state index is 12.1. The molecular formula is C16H24N2O2. The van der Waals surface area contributed by atoms with E-state index in [1.54, 1.807) is 0 Å². The van der Waals surface area contributed by atoms with Crippen LogP contribution >= 0.6 is 0 Å². The minimum Gasteiger partial charge on any atom is -0.388 e. The average molecular weight is 276 g/mol. The summed E-state index contributed by atoms with van der Waals surface area (Å²) < 4.78 is 0. The second kappa shape index (κ2) is 6.86. The molecule has 1 amide bonds. The van der Waals surface area contributed by atoms with E-state index in [0.717, 1.165) is 31.2 Å². The zero-order chi connectivity index (χ0) is 14.4. The van der Waals surface area contributed by atoms with Gasteiger partial charge in [-0.2, -0.15) is 0 Å². The third kappa shape index (κ3) is 4.05. The summed E-state index contributed by atoms with van der Waals surface area (Å²) in [6, 6.07) is 8.62. The van der Waals surface area contributed by atoms with Crippen molar-refractivity contribution in [2.75, 3.05) is 6.54 Å². The first kappa shape index (κ1) is 15.0. The Balaban J connectivity index is 1.88. The van der Waals surface area contributed by atoms with E-state index < -0.39 is 11.6 Å². The van der Waals surface area contributed by atoms with Crippen LogP contribution in [0.3, 0.4) is 0 Å². The van der Waals surface area contributed by atoms with Gasteiger partial charge in [0.15, 0.2) is 0 Å². The molecule has 2 rings (SSSR count). The van der Waals surface area contributed by atoms with Gasteiger partial charge < -0.3 is 16.2 Å². The van der Waals surface area contributed by atoms with Crippen LogP contribution in [0.15, 0.2) is 30.3 Å². The molecule has 4 nitrogen and oxygen atoms in total. The van der Waals surface area contributed by atoms with Gasteiger partial charge in [-0.3, -0.25) is 4.79 Å². The topological polar surface area (TPSA) is 75.4 Å². The van der Waals surface area contributed by atoms with Crippen LogP contribution in [0.5, 0.6) is 0 Å². The summed E-state index contributed by atoms with van der Waals surface area (Å²) in [5.41, 5.74) is 5.96. The summed E-state index contributed by atoms with van der Waals surface area (Å²) in [6.45, 7) is 0.298. The fraction of sp³-hybridized carbons (Fsp3) is 0.562. The highest BCUT2D eigenvalue weighted by Gasteiger charge is 2.29. The third-order valence-electron chi connectivity index (χ3n) is 4.07. The van der Waals surface area contributed by atoms with Crippen molar-refractivity contribution >= 4 is 5.91 Å². The standard InChI is InChI=1S/C16H24N2O2/c17-14(13-8-4-3-5-9-13)15(19)18-12-16(20)10-6-1-2-7-11-16/h3-5,8-9,14,20H,1-2,6-7,10-12,17H2,(H,18,19). The molecule has 0 aromatic heterocycles. The quantitative estimate of drug-likeness (QED) is 0.735. The lowest BCUT2D eigenvalue weighted by Gasteiger charge is -2.27. The summed E-state index contributed by atoms with van der Waals surface area (Å²) in [4.78, 5) is 12.1. The fourth-order valence-corrected chi connectivity index (χ4v) is 2.74. The van der Waals surface area contributed by atoms with Crippen LogP contribution in [-0.4, -0.2) is 23.2 Å². The van der Waals surface area contributed by atoms with E-state index in [2.05, 4.69) is 5.32 Å². The van der Waals surface area contributed by atoms with Crippen LogP contribution in [0.2, 0.25) is 0 Å². The number of hydrogen-bond acceptors (Lipinski definition) is 3. The van der Waals surface area contributed by atoms with Crippen LogP contribution in [0.1, 0.15) is 50.1 Å². The smallest absolute Gasteiger partial charge is 0.241 e. The highest BCUT2D eigenvalue weighted by Crippen LogP contribution is 2.26. The summed E-state index contributed by atoms with van der Waals surface area (Å²) in [6.07, 6.45) is 5.90. The summed E-state index contributed by atoms with van der Waals surface area (Å²) in [5, 5.41) is 13.3. The van der Waals surface area contributed by atoms with Crippen LogP contribution in [-0.2, 0) is 4.79 Å². The number of carbonyl (C=O) groups is 1. The van der Waals surface area contributed by atoms with E-state index in [0.29, 0.717) is 6.54 Å². The molecule has 1 atom stereocenters. The van der Waals surface area contributed by atoms with Crippen molar-refractivity contribution in [1.29, 1.82) is 0 Å². The van der Waals surface area contributed by atoms with E-state index >= 15 is 0 Å². The molecule has 1 fully saturated rings. The first-order valence-electron chi connectivity index (χ1n) is 7.41. The first-order chi connectivity index (χ1) is 9.61. The van der Waals surface area contributed by atoms with Gasteiger partial charge >= 0.3 is 0 Å². The maximum absolute atomic E-state index is 12.1. The van der Waals surface area contributed by atoms with E-state index in [1.165, 1.54) is 12.8 Å². The molecule has 1 aliphatic carbocycles. The Kier molecular flexibility index (Phi) is 5.15. The molecule has 4 heteroatoms. The Morgan fingerprint density at radius 2 is 1.80 bits per heavy atom. The van der Waals surface area contributed by atoms with Crippen LogP contribution in [0, 0.1) is 0 Å². The molecule has 1 unspecified atom stereocenters. The molecule has 1 aromatic carbocycles. The number of aliphatic hydroxyl groups is 1. The third-order valence-corrected chi connectivity index (χ3v) is 4.07. The van der Waals surface area contributed by atoms with Crippen molar-refractivity contribution < 1.29 is 9.90 Å². The molecule has 1 aromatic rings. The molecule has 0 saturated heterocycles. The van der Waals surface area contributed by atoms with E-state index in [1.807, 2.05) is 30.3 Å². The minimum absolute atomic E-state index is 0.228. The van der Waals surface area contributed by atoms with Crippen molar-refractivity contribution in [3.8, 4) is 0 Å². The fourth-order valence-electron chi connectivity index (χ4n) is 2.74. The van der Waals surface area contributed by atoms with Gasteiger partial charge in [0.05, 0.1) is 5.60 Å². The SMILES string of the molecule is NC(C(=O)NCC1(O)CCCCCC1)c1ccccc1. The highest BCUT2D eigenvalue weighted by atomic mass is 16.3. The molecule has 1 saturated carbocycles. The monoisotopic (exact) mass is 276 g/mol. The van der Waals surface area contributed by atoms with Crippen LogP contribution < -0.4 is 11.1 Å². The molecule has 4 N–H and O–H groups in total. The maximum Gasteiger partial charge on any atom is 0.241 e. The van der Waals surface area contributed by atoms with Crippen LogP contribution in [0.25, 0.3) is 0 Å².